The van der Waals surface area contributed by atoms with E-state index in [1.165, 1.54) is 11.8 Å². The van der Waals surface area contributed by atoms with Crippen molar-refractivity contribution in [1.82, 2.24) is 14.6 Å². The zero-order chi connectivity index (χ0) is 16.4. The molecule has 0 fully saturated rings. The number of thioether (sulfide) groups is 1. The molecule has 0 bridgehead atoms. The molecule has 0 spiro atoms. The summed E-state index contributed by atoms with van der Waals surface area (Å²) >= 11 is 19.3. The molecule has 5 nitrogen and oxygen atoms in total. The Labute approximate surface area is 150 Å². The van der Waals surface area contributed by atoms with Gasteiger partial charge in [0.2, 0.25) is 5.91 Å². The summed E-state index contributed by atoms with van der Waals surface area (Å²) in [6, 6.07) is 8.62. The van der Waals surface area contributed by atoms with Crippen LogP contribution in [0.4, 0.5) is 5.69 Å². The molecule has 1 amide bonds. The molecule has 3 rings (SSSR count). The fourth-order valence-electron chi connectivity index (χ4n) is 1.88. The summed E-state index contributed by atoms with van der Waals surface area (Å²) in [5.74, 6) is -0.0520. The summed E-state index contributed by atoms with van der Waals surface area (Å²) in [7, 11) is 0. The summed E-state index contributed by atoms with van der Waals surface area (Å²) in [6.45, 7) is 0. The molecule has 9 heteroatoms. The number of fused-ring (bicyclic) bond motifs is 1. The van der Waals surface area contributed by atoms with Gasteiger partial charge in [0.1, 0.15) is 0 Å². The number of aromatic nitrogens is 3. The minimum absolute atomic E-state index is 0.149. The van der Waals surface area contributed by atoms with Crippen LogP contribution in [0.2, 0.25) is 15.1 Å². The van der Waals surface area contributed by atoms with E-state index in [0.29, 0.717) is 31.6 Å². The van der Waals surface area contributed by atoms with E-state index in [1.54, 1.807) is 40.9 Å². The van der Waals surface area contributed by atoms with Gasteiger partial charge in [0.15, 0.2) is 10.8 Å². The third kappa shape index (κ3) is 3.72. The van der Waals surface area contributed by atoms with Crippen molar-refractivity contribution in [3.8, 4) is 0 Å². The van der Waals surface area contributed by atoms with Crippen LogP contribution in [0.1, 0.15) is 0 Å². The lowest BCUT2D eigenvalue weighted by molar-refractivity contribution is -0.113. The van der Waals surface area contributed by atoms with E-state index in [9.17, 15) is 4.79 Å². The van der Waals surface area contributed by atoms with Crippen LogP contribution >= 0.6 is 46.6 Å². The lowest BCUT2D eigenvalue weighted by atomic mass is 10.3. The van der Waals surface area contributed by atoms with E-state index in [4.69, 9.17) is 34.8 Å². The molecule has 2 aromatic heterocycles. The van der Waals surface area contributed by atoms with Crippen LogP contribution in [-0.4, -0.2) is 26.3 Å². The highest BCUT2D eigenvalue weighted by atomic mass is 35.5. The Morgan fingerprint density at radius 1 is 1.17 bits per heavy atom. The van der Waals surface area contributed by atoms with Crippen molar-refractivity contribution in [2.24, 2.45) is 0 Å². The second kappa shape index (κ2) is 6.97. The number of amides is 1. The van der Waals surface area contributed by atoms with Gasteiger partial charge >= 0.3 is 0 Å². The molecule has 118 valence electrons. The van der Waals surface area contributed by atoms with Gasteiger partial charge in [-0.05, 0) is 18.2 Å². The molecular formula is C14H9Cl3N4OS. The van der Waals surface area contributed by atoms with Gasteiger partial charge in [-0.25, -0.2) is 0 Å². The van der Waals surface area contributed by atoms with E-state index < -0.39 is 0 Å². The fourth-order valence-corrected chi connectivity index (χ4v) is 3.28. The van der Waals surface area contributed by atoms with Gasteiger partial charge in [-0.3, -0.25) is 9.20 Å². The largest absolute Gasteiger partial charge is 0.324 e. The Morgan fingerprint density at radius 3 is 2.74 bits per heavy atom. The van der Waals surface area contributed by atoms with Crippen molar-refractivity contribution in [3.05, 3.63) is 51.6 Å². The highest BCUT2D eigenvalue weighted by Gasteiger charge is 2.13. The second-order valence-electron chi connectivity index (χ2n) is 4.50. The number of carbonyl (C=O) groups is 1. The number of rotatable bonds is 4. The molecular weight excluding hydrogens is 379 g/mol. The number of halogens is 3. The van der Waals surface area contributed by atoms with Crippen LogP contribution < -0.4 is 5.32 Å². The summed E-state index contributed by atoms with van der Waals surface area (Å²) in [5, 5.41) is 12.6. The maximum atomic E-state index is 12.0. The zero-order valence-corrected chi connectivity index (χ0v) is 14.5. The first kappa shape index (κ1) is 16.4. The Bertz CT molecular complexity index is 884. The van der Waals surface area contributed by atoms with Crippen LogP contribution in [0, 0.1) is 0 Å². The van der Waals surface area contributed by atoms with E-state index in [2.05, 4.69) is 15.5 Å². The second-order valence-corrected chi connectivity index (χ2v) is 6.69. The highest BCUT2D eigenvalue weighted by molar-refractivity contribution is 7.99. The number of carbonyl (C=O) groups excluding carboxylic acids is 1. The molecule has 0 unspecified atom stereocenters. The SMILES string of the molecule is O=C(CSc1nnc2c(Cl)cc(Cl)cn12)Nc1ccccc1Cl. The Kier molecular flexibility index (Phi) is 4.96. The molecule has 2 heterocycles. The number of nitrogens with zero attached hydrogens (tertiary/aromatic N) is 3. The number of hydrogen-bond acceptors (Lipinski definition) is 4. The van der Waals surface area contributed by atoms with Gasteiger partial charge in [0.05, 0.1) is 26.5 Å². The van der Waals surface area contributed by atoms with Crippen molar-refractivity contribution in [2.45, 2.75) is 5.16 Å². The molecule has 0 saturated carbocycles. The number of benzene rings is 1. The normalized spacial score (nSPS) is 10.9. The topological polar surface area (TPSA) is 59.3 Å². The first-order valence-electron chi connectivity index (χ1n) is 6.41. The van der Waals surface area contributed by atoms with Crippen molar-refractivity contribution >= 4 is 63.8 Å². The van der Waals surface area contributed by atoms with Gasteiger partial charge in [0, 0.05) is 6.20 Å². The summed E-state index contributed by atoms with van der Waals surface area (Å²) in [6.07, 6.45) is 1.65. The van der Waals surface area contributed by atoms with E-state index in [-0.39, 0.29) is 11.7 Å². The maximum absolute atomic E-state index is 12.0. The highest BCUT2D eigenvalue weighted by Crippen LogP contribution is 2.26. The Hall–Kier alpha value is -1.47. The van der Waals surface area contributed by atoms with Gasteiger partial charge in [-0.15, -0.1) is 10.2 Å². The third-order valence-electron chi connectivity index (χ3n) is 2.88. The van der Waals surface area contributed by atoms with Crippen LogP contribution in [0.3, 0.4) is 0 Å². The molecule has 0 aliphatic carbocycles. The minimum Gasteiger partial charge on any atom is -0.324 e. The van der Waals surface area contributed by atoms with Crippen molar-refractivity contribution in [3.63, 3.8) is 0 Å². The van der Waals surface area contributed by atoms with E-state index >= 15 is 0 Å². The maximum Gasteiger partial charge on any atom is 0.234 e. The van der Waals surface area contributed by atoms with Gasteiger partial charge in [-0.2, -0.15) is 0 Å². The van der Waals surface area contributed by atoms with Crippen molar-refractivity contribution < 1.29 is 4.79 Å². The molecule has 0 radical (unpaired) electrons. The summed E-state index contributed by atoms with van der Waals surface area (Å²) in [5.41, 5.74) is 1.06. The zero-order valence-electron chi connectivity index (χ0n) is 11.5. The molecule has 1 aromatic carbocycles. The average Bonchev–Trinajstić information content (AvgIpc) is 2.91. The lowest BCUT2D eigenvalue weighted by Crippen LogP contribution is -2.14. The number of para-hydroxylation sites is 1. The van der Waals surface area contributed by atoms with Gasteiger partial charge < -0.3 is 5.32 Å². The minimum atomic E-state index is -0.201. The third-order valence-corrected chi connectivity index (χ3v) is 4.63. The molecule has 3 aromatic rings. The van der Waals surface area contributed by atoms with Gasteiger partial charge in [-0.1, -0.05) is 58.7 Å². The summed E-state index contributed by atoms with van der Waals surface area (Å²) < 4.78 is 1.65. The average molecular weight is 388 g/mol. The standard InChI is InChI=1S/C14H9Cl3N4OS/c15-8-5-10(17)13-19-20-14(21(13)6-8)23-7-12(22)18-11-4-2-1-3-9(11)16/h1-6H,7H2,(H,18,22). The van der Waals surface area contributed by atoms with Crippen LogP contribution in [0.15, 0.2) is 41.7 Å². The molecule has 0 aliphatic heterocycles. The number of anilines is 1. The van der Waals surface area contributed by atoms with E-state index in [1.807, 2.05) is 0 Å². The quantitative estimate of drug-likeness (QED) is 0.673. The van der Waals surface area contributed by atoms with E-state index in [0.717, 1.165) is 0 Å². The molecule has 23 heavy (non-hydrogen) atoms. The first-order valence-corrected chi connectivity index (χ1v) is 8.53. The van der Waals surface area contributed by atoms with Crippen molar-refractivity contribution in [1.29, 1.82) is 0 Å². The summed E-state index contributed by atoms with van der Waals surface area (Å²) in [4.78, 5) is 12.0. The van der Waals surface area contributed by atoms with Crippen LogP contribution in [0.25, 0.3) is 5.65 Å². The fraction of sp³-hybridized carbons (Fsp3) is 0.0714. The molecule has 0 saturated heterocycles. The Balaban J connectivity index is 1.71. The van der Waals surface area contributed by atoms with Crippen molar-refractivity contribution in [2.75, 3.05) is 11.1 Å². The number of nitrogens with one attached hydrogen (secondary N) is 1. The monoisotopic (exact) mass is 386 g/mol. The van der Waals surface area contributed by atoms with Gasteiger partial charge in [0.25, 0.3) is 0 Å². The lowest BCUT2D eigenvalue weighted by Gasteiger charge is -2.06. The predicted octanol–water partition coefficient (Wildman–Crippen LogP) is 4.42. The van der Waals surface area contributed by atoms with Crippen LogP contribution in [-0.2, 0) is 4.79 Å². The molecule has 0 atom stereocenters. The van der Waals surface area contributed by atoms with Crippen LogP contribution in [0.5, 0.6) is 0 Å². The predicted molar refractivity (Wildman–Crippen MR) is 93.8 cm³/mol. The first-order chi connectivity index (χ1) is 11.0. The molecule has 1 N–H and O–H groups in total. The number of pyridine rings is 1. The molecule has 0 aliphatic rings. The Morgan fingerprint density at radius 2 is 1.96 bits per heavy atom. The number of hydrogen-bond donors (Lipinski definition) is 1. The smallest absolute Gasteiger partial charge is 0.234 e.